The lowest BCUT2D eigenvalue weighted by atomic mass is 9.77. The first kappa shape index (κ1) is 28.5. The number of unbranched alkanes of at least 4 members (excludes halogenated alkanes) is 4. The highest BCUT2D eigenvalue weighted by atomic mass is 16.6. The van der Waals surface area contributed by atoms with Gasteiger partial charge in [0.25, 0.3) is 0 Å². The summed E-state index contributed by atoms with van der Waals surface area (Å²) in [6, 6.07) is 29.4. The van der Waals surface area contributed by atoms with Gasteiger partial charge in [0.1, 0.15) is 11.5 Å². The van der Waals surface area contributed by atoms with Crippen molar-refractivity contribution >= 4 is 23.0 Å². The van der Waals surface area contributed by atoms with Crippen LogP contribution in [0, 0.1) is 0 Å². The molecule has 3 heterocycles. The number of aryl methyl sites for hydroxylation is 1. The minimum absolute atomic E-state index is 0.294. The number of esters is 1. The van der Waals surface area contributed by atoms with Crippen molar-refractivity contribution in [3.05, 3.63) is 113 Å². The third kappa shape index (κ3) is 4.83. The highest BCUT2D eigenvalue weighted by molar-refractivity contribution is 5.97. The first-order valence-corrected chi connectivity index (χ1v) is 16.5. The summed E-state index contributed by atoms with van der Waals surface area (Å²) in [4.78, 5) is 18.4. The summed E-state index contributed by atoms with van der Waals surface area (Å²) in [6.45, 7) is 7.49. The van der Waals surface area contributed by atoms with E-state index in [4.69, 9.17) is 9.47 Å². The van der Waals surface area contributed by atoms with Gasteiger partial charge in [-0.15, -0.1) is 0 Å². The molecule has 3 aliphatic heterocycles. The Balaban J connectivity index is 1.34. The van der Waals surface area contributed by atoms with Crippen molar-refractivity contribution < 1.29 is 14.3 Å². The SMILES string of the molecule is CCCCCN(CCCCC)c1ccc2c(c1)Oc1ccc(N3CCCc4ccccc43)cc1C21OC(=O)c2ccccc21. The van der Waals surface area contributed by atoms with Crippen LogP contribution in [0.4, 0.5) is 17.1 Å². The standard InChI is InChI=1S/C39H42N2O3/c1-3-5-11-23-40(24-12-6-4-2)29-19-21-33-37(27-29)43-36-22-20-30(41-25-13-15-28-14-7-10-18-35(28)41)26-34(36)39(33)32-17-9-8-16-31(32)38(42)44-39/h7-10,14,16-22,26-27H,3-6,11-13,15,23-25H2,1-2H3. The summed E-state index contributed by atoms with van der Waals surface area (Å²) < 4.78 is 13.3. The molecule has 3 aliphatic rings. The Kier molecular flexibility index (Phi) is 7.80. The van der Waals surface area contributed by atoms with E-state index in [1.807, 2.05) is 24.3 Å². The van der Waals surface area contributed by atoms with E-state index in [1.165, 1.54) is 49.8 Å². The van der Waals surface area contributed by atoms with Crippen LogP contribution in [0.15, 0.2) is 84.9 Å². The Labute approximate surface area is 261 Å². The number of carbonyl (C=O) groups is 1. The fraction of sp³-hybridized carbons (Fsp3) is 0.359. The molecule has 0 bridgehead atoms. The lowest BCUT2D eigenvalue weighted by Crippen LogP contribution is -2.34. The molecule has 5 nitrogen and oxygen atoms in total. The summed E-state index contributed by atoms with van der Waals surface area (Å²) in [5, 5.41) is 0. The van der Waals surface area contributed by atoms with E-state index in [0.29, 0.717) is 5.56 Å². The zero-order chi connectivity index (χ0) is 30.1. The molecule has 0 saturated carbocycles. The van der Waals surface area contributed by atoms with Gasteiger partial charge in [0.05, 0.1) is 5.56 Å². The van der Waals surface area contributed by atoms with Gasteiger partial charge in [-0.3, -0.25) is 0 Å². The van der Waals surface area contributed by atoms with E-state index in [0.717, 1.165) is 72.0 Å². The quantitative estimate of drug-likeness (QED) is 0.137. The molecule has 0 aliphatic carbocycles. The molecular weight excluding hydrogens is 544 g/mol. The molecule has 0 saturated heterocycles. The molecule has 5 heteroatoms. The van der Waals surface area contributed by atoms with E-state index >= 15 is 0 Å². The van der Waals surface area contributed by atoms with Gasteiger partial charge in [-0.2, -0.15) is 0 Å². The molecule has 0 amide bonds. The van der Waals surface area contributed by atoms with Gasteiger partial charge in [0.2, 0.25) is 0 Å². The molecule has 4 aromatic carbocycles. The zero-order valence-corrected chi connectivity index (χ0v) is 26.0. The fourth-order valence-electron chi connectivity index (χ4n) is 7.29. The maximum atomic E-state index is 13.5. The van der Waals surface area contributed by atoms with Crippen LogP contribution in [0.2, 0.25) is 0 Å². The number of para-hydroxylation sites is 1. The van der Waals surface area contributed by atoms with Gasteiger partial charge in [0.15, 0.2) is 5.60 Å². The highest BCUT2D eigenvalue weighted by Gasteiger charge is 2.53. The number of anilines is 3. The molecule has 1 atom stereocenters. The van der Waals surface area contributed by atoms with Crippen LogP contribution in [-0.4, -0.2) is 25.6 Å². The van der Waals surface area contributed by atoms with E-state index in [-0.39, 0.29) is 5.97 Å². The Hall–Kier alpha value is -4.25. The predicted molar refractivity (Wildman–Crippen MR) is 178 cm³/mol. The van der Waals surface area contributed by atoms with Gasteiger partial charge < -0.3 is 19.3 Å². The van der Waals surface area contributed by atoms with E-state index in [9.17, 15) is 4.79 Å². The van der Waals surface area contributed by atoms with Gasteiger partial charge >= 0.3 is 5.97 Å². The summed E-state index contributed by atoms with van der Waals surface area (Å²) in [6.07, 6.45) is 9.35. The number of fused-ring (bicyclic) bond motifs is 7. The molecule has 0 aromatic heterocycles. The Bertz CT molecular complexity index is 1670. The maximum Gasteiger partial charge on any atom is 0.340 e. The van der Waals surface area contributed by atoms with Crippen molar-refractivity contribution in [1.29, 1.82) is 0 Å². The number of ether oxygens (including phenoxy) is 2. The summed E-state index contributed by atoms with van der Waals surface area (Å²) in [5.74, 6) is 1.20. The third-order valence-corrected chi connectivity index (χ3v) is 9.53. The van der Waals surface area contributed by atoms with Crippen molar-refractivity contribution in [2.45, 2.75) is 70.8 Å². The molecule has 0 radical (unpaired) electrons. The molecule has 0 fully saturated rings. The first-order chi connectivity index (χ1) is 21.6. The van der Waals surface area contributed by atoms with Crippen molar-refractivity contribution in [2.75, 3.05) is 29.4 Å². The lowest BCUT2D eigenvalue weighted by molar-refractivity contribution is 0.0224. The molecule has 44 heavy (non-hydrogen) atoms. The third-order valence-electron chi connectivity index (χ3n) is 9.53. The van der Waals surface area contributed by atoms with Crippen molar-refractivity contribution in [3.63, 3.8) is 0 Å². The van der Waals surface area contributed by atoms with Crippen LogP contribution < -0.4 is 14.5 Å². The number of hydrogen-bond donors (Lipinski definition) is 0. The summed E-state index contributed by atoms with van der Waals surface area (Å²) in [7, 11) is 0. The molecule has 1 spiro atoms. The second kappa shape index (κ2) is 12.0. The van der Waals surface area contributed by atoms with Crippen molar-refractivity contribution in [1.82, 2.24) is 0 Å². The minimum atomic E-state index is -1.07. The summed E-state index contributed by atoms with van der Waals surface area (Å²) >= 11 is 0. The summed E-state index contributed by atoms with van der Waals surface area (Å²) in [5.41, 5.74) is 7.02. The largest absolute Gasteiger partial charge is 0.456 e. The average molecular weight is 587 g/mol. The molecule has 7 rings (SSSR count). The van der Waals surface area contributed by atoms with E-state index < -0.39 is 5.60 Å². The molecule has 0 N–H and O–H groups in total. The van der Waals surface area contributed by atoms with Crippen LogP contribution in [-0.2, 0) is 16.8 Å². The maximum absolute atomic E-state index is 13.5. The molecule has 4 aromatic rings. The van der Waals surface area contributed by atoms with Crippen LogP contribution in [0.25, 0.3) is 0 Å². The van der Waals surface area contributed by atoms with Gasteiger partial charge in [0, 0.05) is 59.5 Å². The second-order valence-corrected chi connectivity index (χ2v) is 12.4. The van der Waals surface area contributed by atoms with Crippen molar-refractivity contribution in [2.24, 2.45) is 0 Å². The van der Waals surface area contributed by atoms with E-state index in [2.05, 4.69) is 84.3 Å². The smallest absolute Gasteiger partial charge is 0.340 e. The van der Waals surface area contributed by atoms with Gasteiger partial charge in [-0.1, -0.05) is 75.9 Å². The number of carbonyl (C=O) groups excluding carboxylic acids is 1. The van der Waals surface area contributed by atoms with Crippen molar-refractivity contribution in [3.8, 4) is 11.5 Å². The lowest BCUT2D eigenvalue weighted by Gasteiger charge is -2.39. The van der Waals surface area contributed by atoms with Gasteiger partial charge in [-0.05, 0) is 73.7 Å². The highest BCUT2D eigenvalue weighted by Crippen LogP contribution is 2.57. The number of hydrogen-bond acceptors (Lipinski definition) is 5. The predicted octanol–water partition coefficient (Wildman–Crippen LogP) is 9.53. The van der Waals surface area contributed by atoms with Crippen LogP contribution in [0.1, 0.15) is 91.4 Å². The zero-order valence-electron chi connectivity index (χ0n) is 26.0. The van der Waals surface area contributed by atoms with Crippen LogP contribution in [0.5, 0.6) is 11.5 Å². The fourth-order valence-corrected chi connectivity index (χ4v) is 7.29. The molecule has 226 valence electrons. The van der Waals surface area contributed by atoms with Crippen LogP contribution >= 0.6 is 0 Å². The Morgan fingerprint density at radius 2 is 1.55 bits per heavy atom. The normalized spacial score (nSPS) is 17.8. The first-order valence-electron chi connectivity index (χ1n) is 16.5. The van der Waals surface area contributed by atoms with Gasteiger partial charge in [-0.25, -0.2) is 4.79 Å². The molecular formula is C39H42N2O3. The second-order valence-electron chi connectivity index (χ2n) is 12.4. The number of benzene rings is 4. The minimum Gasteiger partial charge on any atom is -0.456 e. The van der Waals surface area contributed by atoms with E-state index in [1.54, 1.807) is 0 Å². The molecule has 1 unspecified atom stereocenters. The number of nitrogens with zero attached hydrogens (tertiary/aromatic N) is 2. The van der Waals surface area contributed by atoms with Crippen LogP contribution in [0.3, 0.4) is 0 Å². The monoisotopic (exact) mass is 586 g/mol. The number of rotatable bonds is 10. The average Bonchev–Trinajstić information content (AvgIpc) is 3.36. The Morgan fingerprint density at radius 1 is 0.773 bits per heavy atom. The Morgan fingerprint density at radius 3 is 2.36 bits per heavy atom. The topological polar surface area (TPSA) is 42.0 Å².